The van der Waals surface area contributed by atoms with E-state index in [4.69, 9.17) is 20.0 Å². The molecule has 0 aromatic carbocycles. The summed E-state index contributed by atoms with van der Waals surface area (Å²) in [5, 5.41) is 15.9. The summed E-state index contributed by atoms with van der Waals surface area (Å²) in [7, 11) is -8.30. The number of hydrogen-bond donors (Lipinski definition) is 2. The molecule has 1 atom stereocenters. The van der Waals surface area contributed by atoms with E-state index in [9.17, 15) is 16.8 Å². The van der Waals surface area contributed by atoms with Gasteiger partial charge in [0.15, 0.2) is 11.9 Å². The maximum Gasteiger partial charge on any atom is 0.317 e. The SMILES string of the molecule is CCC(COCOCS(=O)(=O)OO)OCOCS(=O)(=O)OO. The lowest BCUT2D eigenvalue weighted by Gasteiger charge is -2.16. The van der Waals surface area contributed by atoms with Crippen molar-refractivity contribution in [3.05, 3.63) is 0 Å². The molecule has 14 heteroatoms. The first-order valence-corrected chi connectivity index (χ1v) is 8.88. The molecule has 0 fully saturated rings. The molecule has 0 amide bonds. The van der Waals surface area contributed by atoms with Gasteiger partial charge in [0, 0.05) is 0 Å². The highest BCUT2D eigenvalue weighted by atomic mass is 32.2. The van der Waals surface area contributed by atoms with Crippen molar-refractivity contribution >= 4 is 20.2 Å². The molecule has 2 N–H and O–H groups in total. The van der Waals surface area contributed by atoms with Crippen molar-refractivity contribution in [2.24, 2.45) is 0 Å². The van der Waals surface area contributed by atoms with E-state index in [1.807, 2.05) is 0 Å². The quantitative estimate of drug-likeness (QED) is 0.171. The van der Waals surface area contributed by atoms with Gasteiger partial charge in [0.05, 0.1) is 12.7 Å². The molecular weight excluding hydrogens is 352 g/mol. The second-order valence-corrected chi connectivity index (χ2v) is 6.71. The molecule has 134 valence electrons. The lowest BCUT2D eigenvalue weighted by atomic mass is 10.3. The minimum Gasteiger partial charge on any atom is -0.353 e. The Morgan fingerprint density at radius 2 is 1.36 bits per heavy atom. The molecule has 0 spiro atoms. The van der Waals surface area contributed by atoms with Crippen LogP contribution in [0, 0.1) is 0 Å². The van der Waals surface area contributed by atoms with Crippen LogP contribution in [0.15, 0.2) is 0 Å². The Morgan fingerprint density at radius 3 is 1.82 bits per heavy atom. The molecule has 0 aromatic rings. The summed E-state index contributed by atoms with van der Waals surface area (Å²) >= 11 is 0. The first kappa shape index (κ1) is 21.6. The molecule has 22 heavy (non-hydrogen) atoms. The summed E-state index contributed by atoms with van der Waals surface area (Å²) < 4.78 is 68.3. The average Bonchev–Trinajstić information content (AvgIpc) is 2.49. The summed E-state index contributed by atoms with van der Waals surface area (Å²) in [4.78, 5) is 0. The van der Waals surface area contributed by atoms with Gasteiger partial charge < -0.3 is 18.9 Å². The van der Waals surface area contributed by atoms with Crippen LogP contribution in [0.2, 0.25) is 0 Å². The van der Waals surface area contributed by atoms with Crippen LogP contribution in [-0.4, -0.2) is 65.5 Å². The molecule has 1 unspecified atom stereocenters. The number of rotatable bonds is 14. The molecule has 0 bridgehead atoms. The van der Waals surface area contributed by atoms with E-state index in [0.29, 0.717) is 6.42 Å². The monoisotopic (exact) mass is 370 g/mol. The standard InChI is InChI=1S/C8H18O12S2/c1-2-8(18-5-17-7-22(13,14)20-10)3-15-4-16-6-21(11,12)19-9/h8-10H,2-7H2,1H3. The Balaban J connectivity index is 3.76. The summed E-state index contributed by atoms with van der Waals surface area (Å²) in [6.45, 7) is 0.990. The molecule has 0 rings (SSSR count). The maximum atomic E-state index is 10.7. The third-order valence-electron chi connectivity index (χ3n) is 2.00. The van der Waals surface area contributed by atoms with E-state index in [2.05, 4.69) is 18.1 Å². The first-order chi connectivity index (χ1) is 10.3. The lowest BCUT2D eigenvalue weighted by molar-refractivity contribution is -0.145. The van der Waals surface area contributed by atoms with E-state index in [0.717, 1.165) is 0 Å². The van der Waals surface area contributed by atoms with Crippen LogP contribution >= 0.6 is 0 Å². The van der Waals surface area contributed by atoms with E-state index < -0.39 is 51.8 Å². The molecular formula is C8H18O12S2. The van der Waals surface area contributed by atoms with Gasteiger partial charge in [-0.15, -0.1) is 8.67 Å². The second kappa shape index (κ2) is 11.2. The Labute approximate surface area is 127 Å². The third-order valence-corrected chi connectivity index (χ3v) is 3.36. The van der Waals surface area contributed by atoms with Crippen LogP contribution in [0.4, 0.5) is 0 Å². The van der Waals surface area contributed by atoms with Crippen molar-refractivity contribution in [3.63, 3.8) is 0 Å². The van der Waals surface area contributed by atoms with Gasteiger partial charge >= 0.3 is 20.2 Å². The normalized spacial score (nSPS) is 14.1. The summed E-state index contributed by atoms with van der Waals surface area (Å²) in [5.41, 5.74) is 0. The number of hydrogen-bond acceptors (Lipinski definition) is 12. The summed E-state index contributed by atoms with van der Waals surface area (Å²) in [5.74, 6) is -1.77. The minimum absolute atomic E-state index is 0.0170. The van der Waals surface area contributed by atoms with E-state index in [-0.39, 0.29) is 6.61 Å². The summed E-state index contributed by atoms with van der Waals surface area (Å²) in [6.07, 6.45) is 0.0250. The van der Waals surface area contributed by atoms with E-state index >= 15 is 0 Å². The Morgan fingerprint density at radius 1 is 0.864 bits per heavy atom. The fourth-order valence-electron chi connectivity index (χ4n) is 0.982. The fraction of sp³-hybridized carbons (Fsp3) is 1.00. The van der Waals surface area contributed by atoms with Gasteiger partial charge in [0.1, 0.15) is 13.6 Å². The predicted octanol–water partition coefficient (Wildman–Crippen LogP) is -0.700. The molecule has 0 heterocycles. The molecule has 12 nitrogen and oxygen atoms in total. The second-order valence-electron chi connectivity index (χ2n) is 3.71. The lowest BCUT2D eigenvalue weighted by Crippen LogP contribution is -2.23. The fourth-order valence-corrected chi connectivity index (χ4v) is 1.61. The largest absolute Gasteiger partial charge is 0.353 e. The van der Waals surface area contributed by atoms with Gasteiger partial charge in [0.2, 0.25) is 0 Å². The molecule has 0 aromatic heterocycles. The van der Waals surface area contributed by atoms with Crippen LogP contribution in [0.25, 0.3) is 0 Å². The van der Waals surface area contributed by atoms with Gasteiger partial charge in [-0.1, -0.05) is 6.92 Å². The topological polar surface area (TPSA) is 164 Å². The van der Waals surface area contributed by atoms with Crippen molar-refractivity contribution in [1.29, 1.82) is 0 Å². The van der Waals surface area contributed by atoms with Crippen molar-refractivity contribution in [1.82, 2.24) is 0 Å². The highest BCUT2D eigenvalue weighted by Crippen LogP contribution is 2.01. The van der Waals surface area contributed by atoms with Crippen LogP contribution in [0.1, 0.15) is 13.3 Å². The molecule has 0 aliphatic carbocycles. The molecule has 0 saturated carbocycles. The zero-order valence-corrected chi connectivity index (χ0v) is 13.2. The highest BCUT2D eigenvalue weighted by Gasteiger charge is 2.13. The third kappa shape index (κ3) is 11.2. The van der Waals surface area contributed by atoms with Gasteiger partial charge in [-0.3, -0.25) is 0 Å². The van der Waals surface area contributed by atoms with Crippen LogP contribution < -0.4 is 0 Å². The summed E-state index contributed by atoms with van der Waals surface area (Å²) in [6, 6.07) is 0. The Bertz CT molecular complexity index is 471. The Hall–Kier alpha value is -0.420. The van der Waals surface area contributed by atoms with Crippen LogP contribution in [-0.2, 0) is 47.9 Å². The van der Waals surface area contributed by atoms with Gasteiger partial charge in [-0.25, -0.2) is 10.5 Å². The van der Waals surface area contributed by atoms with Gasteiger partial charge in [-0.2, -0.15) is 16.8 Å². The smallest absolute Gasteiger partial charge is 0.317 e. The number of ether oxygens (including phenoxy) is 4. The maximum absolute atomic E-state index is 10.7. The Kier molecular flexibility index (Phi) is 11.0. The van der Waals surface area contributed by atoms with E-state index in [1.165, 1.54) is 0 Å². The minimum atomic E-state index is -4.15. The molecule has 0 aliphatic heterocycles. The zero-order valence-electron chi connectivity index (χ0n) is 11.6. The van der Waals surface area contributed by atoms with Gasteiger partial charge in [-0.05, 0) is 6.42 Å². The first-order valence-electron chi connectivity index (χ1n) is 5.72. The van der Waals surface area contributed by atoms with Crippen molar-refractivity contribution < 1.29 is 55.0 Å². The molecule has 0 aliphatic rings. The molecule has 0 saturated heterocycles. The zero-order chi connectivity index (χ0) is 17.1. The van der Waals surface area contributed by atoms with Crippen LogP contribution in [0.3, 0.4) is 0 Å². The molecule has 0 radical (unpaired) electrons. The highest BCUT2D eigenvalue weighted by molar-refractivity contribution is 7.86. The van der Waals surface area contributed by atoms with E-state index in [1.54, 1.807) is 6.92 Å². The van der Waals surface area contributed by atoms with Crippen molar-refractivity contribution in [2.75, 3.05) is 32.1 Å². The van der Waals surface area contributed by atoms with Crippen LogP contribution in [0.5, 0.6) is 0 Å². The van der Waals surface area contributed by atoms with Gasteiger partial charge in [0.25, 0.3) is 0 Å². The average molecular weight is 370 g/mol. The van der Waals surface area contributed by atoms with Crippen molar-refractivity contribution in [3.8, 4) is 0 Å². The van der Waals surface area contributed by atoms with Crippen molar-refractivity contribution in [2.45, 2.75) is 19.4 Å². The predicted molar refractivity (Wildman–Crippen MR) is 68.0 cm³/mol.